The van der Waals surface area contributed by atoms with Crippen molar-refractivity contribution in [2.45, 2.75) is 51.1 Å². The van der Waals surface area contributed by atoms with E-state index in [2.05, 4.69) is 6.92 Å². The molecule has 1 aliphatic carbocycles. The third-order valence-corrected chi connectivity index (χ3v) is 3.60. The summed E-state index contributed by atoms with van der Waals surface area (Å²) in [6, 6.07) is 0.605. The Hall–Kier alpha value is -0.730. The number of carbonyl (C=O) groups is 1. The van der Waals surface area contributed by atoms with Crippen LogP contribution in [0.5, 0.6) is 0 Å². The molecule has 1 saturated heterocycles. The summed E-state index contributed by atoms with van der Waals surface area (Å²) in [5, 5.41) is 0. The van der Waals surface area contributed by atoms with Gasteiger partial charge in [-0.05, 0) is 32.1 Å². The van der Waals surface area contributed by atoms with E-state index in [-0.39, 0.29) is 6.03 Å². The van der Waals surface area contributed by atoms with E-state index in [0.717, 1.165) is 18.8 Å². The Balaban J connectivity index is 2.13. The molecule has 1 saturated carbocycles. The first-order valence-corrected chi connectivity index (χ1v) is 5.28. The Bertz CT molecular complexity index is 217. The number of nitrogens with two attached hydrogens (primary N) is 1. The molecule has 0 aromatic carbocycles. The van der Waals surface area contributed by atoms with E-state index in [9.17, 15) is 4.79 Å². The van der Waals surface area contributed by atoms with Crippen LogP contribution in [-0.2, 0) is 0 Å². The van der Waals surface area contributed by atoms with Crippen LogP contribution >= 0.6 is 0 Å². The predicted octanol–water partition coefficient (Wildman–Crippen LogP) is 1.72. The summed E-state index contributed by atoms with van der Waals surface area (Å²) in [5.41, 5.74) is 5.38. The molecule has 0 aromatic rings. The van der Waals surface area contributed by atoms with Gasteiger partial charge < -0.3 is 10.6 Å². The lowest BCUT2D eigenvalue weighted by Crippen LogP contribution is -2.45. The summed E-state index contributed by atoms with van der Waals surface area (Å²) in [6.07, 6.45) is 6.21. The average Bonchev–Trinajstić information content (AvgIpc) is 2.39. The van der Waals surface area contributed by atoms with Gasteiger partial charge in [-0.3, -0.25) is 0 Å². The van der Waals surface area contributed by atoms with Gasteiger partial charge in [0.15, 0.2) is 0 Å². The number of likely N-dealkylation sites (tertiary alicyclic amines) is 1. The first-order chi connectivity index (χ1) is 6.20. The fourth-order valence-corrected chi connectivity index (χ4v) is 3.09. The van der Waals surface area contributed by atoms with Gasteiger partial charge in [-0.2, -0.15) is 0 Å². The minimum absolute atomic E-state index is 0.220. The molecule has 0 bridgehead atoms. The minimum atomic E-state index is -0.220. The Morgan fingerprint density at radius 1 is 1.38 bits per heavy atom. The van der Waals surface area contributed by atoms with Crippen molar-refractivity contribution in [3.63, 3.8) is 0 Å². The average molecular weight is 182 g/mol. The molecule has 3 unspecified atom stereocenters. The molecule has 1 heterocycles. The van der Waals surface area contributed by atoms with E-state index in [4.69, 9.17) is 5.73 Å². The molecule has 2 N–H and O–H groups in total. The zero-order chi connectivity index (χ0) is 9.42. The Labute approximate surface area is 79.3 Å². The Morgan fingerprint density at radius 2 is 2.08 bits per heavy atom. The van der Waals surface area contributed by atoms with E-state index < -0.39 is 0 Å². The van der Waals surface area contributed by atoms with Gasteiger partial charge in [0.2, 0.25) is 0 Å². The first kappa shape index (κ1) is 8.85. The molecule has 2 amide bonds. The van der Waals surface area contributed by atoms with Gasteiger partial charge >= 0.3 is 6.03 Å². The van der Waals surface area contributed by atoms with Gasteiger partial charge in [0.25, 0.3) is 0 Å². The van der Waals surface area contributed by atoms with Gasteiger partial charge in [0.05, 0.1) is 0 Å². The van der Waals surface area contributed by atoms with Gasteiger partial charge in [0, 0.05) is 12.1 Å². The maximum absolute atomic E-state index is 11.2. The third-order valence-electron chi connectivity index (χ3n) is 3.60. The second-order valence-electron chi connectivity index (χ2n) is 4.44. The molecular weight excluding hydrogens is 164 g/mol. The van der Waals surface area contributed by atoms with Crippen molar-refractivity contribution in [3.8, 4) is 0 Å². The van der Waals surface area contributed by atoms with Crippen LogP contribution in [0.15, 0.2) is 0 Å². The predicted molar refractivity (Wildman–Crippen MR) is 51.2 cm³/mol. The molecule has 3 nitrogen and oxygen atoms in total. The van der Waals surface area contributed by atoms with Crippen LogP contribution in [0.2, 0.25) is 0 Å². The van der Waals surface area contributed by atoms with E-state index in [1.54, 1.807) is 0 Å². The van der Waals surface area contributed by atoms with Crippen molar-refractivity contribution in [1.82, 2.24) is 4.90 Å². The summed E-state index contributed by atoms with van der Waals surface area (Å²) >= 11 is 0. The molecule has 0 radical (unpaired) electrons. The van der Waals surface area contributed by atoms with Crippen LogP contribution < -0.4 is 5.73 Å². The van der Waals surface area contributed by atoms with Gasteiger partial charge in [0.1, 0.15) is 0 Å². The van der Waals surface area contributed by atoms with Crippen LogP contribution in [0, 0.1) is 5.92 Å². The quantitative estimate of drug-likeness (QED) is 0.609. The third kappa shape index (κ3) is 1.40. The van der Waals surface area contributed by atoms with Crippen LogP contribution in [-0.4, -0.2) is 23.0 Å². The number of amides is 2. The van der Waals surface area contributed by atoms with Gasteiger partial charge in [-0.25, -0.2) is 4.79 Å². The zero-order valence-electron chi connectivity index (χ0n) is 8.20. The fraction of sp³-hybridized carbons (Fsp3) is 0.900. The summed E-state index contributed by atoms with van der Waals surface area (Å²) in [5.74, 6) is 0.733. The molecule has 1 aliphatic heterocycles. The van der Waals surface area contributed by atoms with Crippen LogP contribution in [0.1, 0.15) is 39.0 Å². The second-order valence-corrected chi connectivity index (χ2v) is 4.44. The van der Waals surface area contributed by atoms with Crippen LogP contribution in [0.25, 0.3) is 0 Å². The molecule has 13 heavy (non-hydrogen) atoms. The summed E-state index contributed by atoms with van der Waals surface area (Å²) in [4.78, 5) is 13.1. The zero-order valence-corrected chi connectivity index (χ0v) is 8.20. The lowest BCUT2D eigenvalue weighted by Gasteiger charge is -2.31. The normalized spacial score (nSPS) is 38.8. The maximum Gasteiger partial charge on any atom is 0.315 e. The molecular formula is C10H18N2O. The SMILES string of the molecule is CC1CC2CCCCC2N1C(N)=O. The molecule has 2 fully saturated rings. The van der Waals surface area contributed by atoms with Crippen molar-refractivity contribution >= 4 is 6.03 Å². The number of hydrogen-bond acceptors (Lipinski definition) is 1. The van der Waals surface area contributed by atoms with Crippen LogP contribution in [0.3, 0.4) is 0 Å². The Kier molecular flexibility index (Phi) is 2.18. The lowest BCUT2D eigenvalue weighted by molar-refractivity contribution is 0.164. The molecule has 2 rings (SSSR count). The second kappa shape index (κ2) is 3.20. The lowest BCUT2D eigenvalue weighted by atomic mass is 9.85. The number of urea groups is 1. The van der Waals surface area contributed by atoms with Crippen LogP contribution in [0.4, 0.5) is 4.79 Å². The molecule has 74 valence electrons. The number of rotatable bonds is 0. The number of nitrogens with zero attached hydrogens (tertiary/aromatic N) is 1. The van der Waals surface area contributed by atoms with E-state index >= 15 is 0 Å². The van der Waals surface area contributed by atoms with E-state index in [0.29, 0.717) is 12.1 Å². The summed E-state index contributed by atoms with van der Waals surface area (Å²) in [6.45, 7) is 2.11. The largest absolute Gasteiger partial charge is 0.351 e. The molecule has 2 aliphatic rings. The van der Waals surface area contributed by atoms with Gasteiger partial charge in [-0.1, -0.05) is 12.8 Å². The standard InChI is InChI=1S/C10H18N2O/c1-7-6-8-4-2-3-5-9(8)12(7)10(11)13/h7-9H,2-6H2,1H3,(H2,11,13). The number of carbonyl (C=O) groups excluding carboxylic acids is 1. The number of fused-ring (bicyclic) bond motifs is 1. The van der Waals surface area contributed by atoms with E-state index in [1.807, 2.05) is 4.90 Å². The highest BCUT2D eigenvalue weighted by atomic mass is 16.2. The molecule has 3 heteroatoms. The summed E-state index contributed by atoms with van der Waals surface area (Å²) < 4.78 is 0. The fourth-order valence-electron chi connectivity index (χ4n) is 3.09. The van der Waals surface area contributed by atoms with Crippen molar-refractivity contribution in [2.24, 2.45) is 11.7 Å². The van der Waals surface area contributed by atoms with Crippen molar-refractivity contribution in [1.29, 1.82) is 0 Å². The highest BCUT2D eigenvalue weighted by Crippen LogP contribution is 2.39. The smallest absolute Gasteiger partial charge is 0.315 e. The topological polar surface area (TPSA) is 46.3 Å². The highest BCUT2D eigenvalue weighted by Gasteiger charge is 2.41. The number of primary amides is 1. The highest BCUT2D eigenvalue weighted by molar-refractivity contribution is 5.73. The van der Waals surface area contributed by atoms with E-state index in [1.165, 1.54) is 19.3 Å². The van der Waals surface area contributed by atoms with Gasteiger partial charge in [-0.15, -0.1) is 0 Å². The minimum Gasteiger partial charge on any atom is -0.351 e. The maximum atomic E-state index is 11.2. The first-order valence-electron chi connectivity index (χ1n) is 5.28. The molecule has 3 atom stereocenters. The summed E-state index contributed by atoms with van der Waals surface area (Å²) in [7, 11) is 0. The number of hydrogen-bond donors (Lipinski definition) is 1. The van der Waals surface area contributed by atoms with Crippen molar-refractivity contribution < 1.29 is 4.79 Å². The molecule has 0 spiro atoms. The molecule has 0 aromatic heterocycles. The van der Waals surface area contributed by atoms with Crippen molar-refractivity contribution in [2.75, 3.05) is 0 Å². The Morgan fingerprint density at radius 3 is 2.77 bits per heavy atom. The monoisotopic (exact) mass is 182 g/mol. The van der Waals surface area contributed by atoms with Crippen molar-refractivity contribution in [3.05, 3.63) is 0 Å².